The maximum Gasteiger partial charge on any atom is 0.304 e. The van der Waals surface area contributed by atoms with Gasteiger partial charge in [-0.3, -0.25) is 9.59 Å². The number of thiazole rings is 1. The van der Waals surface area contributed by atoms with Crippen LogP contribution in [-0.4, -0.2) is 16.0 Å². The summed E-state index contributed by atoms with van der Waals surface area (Å²) in [6, 6.07) is 4.15. The summed E-state index contributed by atoms with van der Waals surface area (Å²) in [6.07, 6.45) is 0. The van der Waals surface area contributed by atoms with Gasteiger partial charge in [0.05, 0.1) is 12.1 Å². The first kappa shape index (κ1) is 12.2. The molecule has 0 aliphatic heterocycles. The first-order valence-corrected chi connectivity index (χ1v) is 5.97. The number of hydrogen-bond acceptors (Lipinski definition) is 5. The molecule has 0 radical (unpaired) electrons. The number of carbonyl (C=O) groups is 1. The van der Waals surface area contributed by atoms with E-state index in [2.05, 4.69) is 10.3 Å². The Kier molecular flexibility index (Phi) is 3.33. The Morgan fingerprint density at radius 2 is 2.28 bits per heavy atom. The van der Waals surface area contributed by atoms with E-state index in [1.165, 1.54) is 18.2 Å². The Hall–Kier alpha value is -2.28. The van der Waals surface area contributed by atoms with E-state index < -0.39 is 5.91 Å². The van der Waals surface area contributed by atoms with Crippen LogP contribution in [0, 0.1) is 0 Å². The fourth-order valence-electron chi connectivity index (χ4n) is 1.41. The first-order chi connectivity index (χ1) is 8.56. The predicted octanol–water partition coefficient (Wildman–Crippen LogP) is 0.654. The van der Waals surface area contributed by atoms with Gasteiger partial charge in [0.1, 0.15) is 5.75 Å². The normalized spacial score (nSPS) is 10.2. The van der Waals surface area contributed by atoms with E-state index in [-0.39, 0.29) is 28.4 Å². The van der Waals surface area contributed by atoms with Crippen molar-refractivity contribution >= 4 is 22.9 Å². The highest BCUT2D eigenvalue weighted by atomic mass is 32.1. The van der Waals surface area contributed by atoms with Gasteiger partial charge in [-0.1, -0.05) is 11.3 Å². The third-order valence-corrected chi connectivity index (χ3v) is 3.01. The van der Waals surface area contributed by atoms with E-state index in [0.29, 0.717) is 5.69 Å². The molecule has 94 valence electrons. The summed E-state index contributed by atoms with van der Waals surface area (Å²) in [5.74, 6) is -0.436. The van der Waals surface area contributed by atoms with Crippen molar-refractivity contribution in [2.45, 2.75) is 6.54 Å². The minimum absolute atomic E-state index is 0.0294. The number of nitrogens with one attached hydrogen (secondary N) is 2. The number of carbonyl (C=O) groups excluding carboxylic acids is 1. The summed E-state index contributed by atoms with van der Waals surface area (Å²) in [5, 5.41) is 13.5. The molecular formula is C11H11N3O3S. The van der Waals surface area contributed by atoms with Crippen LogP contribution in [0.5, 0.6) is 5.75 Å². The van der Waals surface area contributed by atoms with Gasteiger partial charge in [-0.25, -0.2) is 0 Å². The molecule has 0 unspecified atom stereocenters. The number of benzene rings is 1. The highest BCUT2D eigenvalue weighted by molar-refractivity contribution is 7.07. The van der Waals surface area contributed by atoms with Gasteiger partial charge in [0.2, 0.25) is 0 Å². The van der Waals surface area contributed by atoms with Gasteiger partial charge in [-0.15, -0.1) is 0 Å². The zero-order valence-electron chi connectivity index (χ0n) is 9.27. The molecule has 1 aromatic heterocycles. The van der Waals surface area contributed by atoms with E-state index in [9.17, 15) is 14.7 Å². The lowest BCUT2D eigenvalue weighted by Crippen LogP contribution is -2.24. The van der Waals surface area contributed by atoms with Gasteiger partial charge < -0.3 is 21.1 Å². The van der Waals surface area contributed by atoms with Gasteiger partial charge in [0.15, 0.2) is 0 Å². The van der Waals surface area contributed by atoms with E-state index in [1.54, 1.807) is 5.38 Å². The smallest absolute Gasteiger partial charge is 0.304 e. The molecule has 1 heterocycles. The van der Waals surface area contributed by atoms with Crippen LogP contribution in [-0.2, 0) is 6.54 Å². The number of nitrogen functional groups attached to an aromatic ring is 1. The zero-order valence-corrected chi connectivity index (χ0v) is 10.1. The molecule has 0 bridgehead atoms. The molecule has 2 aromatic rings. The van der Waals surface area contributed by atoms with Crippen molar-refractivity contribution in [1.29, 1.82) is 0 Å². The highest BCUT2D eigenvalue weighted by Crippen LogP contribution is 2.18. The van der Waals surface area contributed by atoms with Crippen molar-refractivity contribution in [3.8, 4) is 5.75 Å². The van der Waals surface area contributed by atoms with Gasteiger partial charge in [0.25, 0.3) is 5.91 Å². The van der Waals surface area contributed by atoms with Crippen molar-refractivity contribution < 1.29 is 9.90 Å². The molecule has 2 rings (SSSR count). The zero-order chi connectivity index (χ0) is 13.1. The molecule has 6 nitrogen and oxygen atoms in total. The number of aromatic nitrogens is 1. The molecule has 18 heavy (non-hydrogen) atoms. The Bertz CT molecular complexity index is 632. The van der Waals surface area contributed by atoms with Crippen LogP contribution in [0.3, 0.4) is 0 Å². The van der Waals surface area contributed by atoms with Crippen molar-refractivity contribution in [3.05, 3.63) is 44.5 Å². The number of phenols is 1. The number of nitrogens with two attached hydrogens (primary N) is 1. The lowest BCUT2D eigenvalue weighted by atomic mass is 10.1. The number of amides is 1. The minimum atomic E-state index is -0.407. The third kappa shape index (κ3) is 2.69. The summed E-state index contributed by atoms with van der Waals surface area (Å²) < 4.78 is 0. The second kappa shape index (κ2) is 4.92. The Labute approximate surface area is 106 Å². The fraction of sp³-hybridized carbons (Fsp3) is 0.0909. The first-order valence-electron chi connectivity index (χ1n) is 5.09. The summed E-state index contributed by atoms with van der Waals surface area (Å²) in [6.45, 7) is 0.201. The number of anilines is 1. The highest BCUT2D eigenvalue weighted by Gasteiger charge is 2.10. The molecule has 0 spiro atoms. The summed E-state index contributed by atoms with van der Waals surface area (Å²) in [4.78, 5) is 25.1. The van der Waals surface area contributed by atoms with E-state index in [1.807, 2.05) is 0 Å². The monoisotopic (exact) mass is 265 g/mol. The average molecular weight is 265 g/mol. The number of phenolic OH excluding ortho intramolecular Hbond substituents is 1. The molecular weight excluding hydrogens is 254 g/mol. The third-order valence-electron chi connectivity index (χ3n) is 2.29. The van der Waals surface area contributed by atoms with E-state index in [0.717, 1.165) is 11.3 Å². The summed E-state index contributed by atoms with van der Waals surface area (Å²) in [7, 11) is 0. The van der Waals surface area contributed by atoms with Crippen molar-refractivity contribution in [1.82, 2.24) is 10.3 Å². The molecule has 1 aromatic carbocycles. The minimum Gasteiger partial charge on any atom is -0.508 e. The summed E-state index contributed by atoms with van der Waals surface area (Å²) >= 11 is 1.03. The molecule has 5 N–H and O–H groups in total. The SMILES string of the molecule is Nc1ccc(O)cc1C(=O)NCc1csc(=O)[nH]1. The number of rotatable bonds is 3. The van der Waals surface area contributed by atoms with Crippen LogP contribution < -0.4 is 15.9 Å². The topological polar surface area (TPSA) is 108 Å². The molecule has 0 aliphatic carbocycles. The Balaban J connectivity index is 2.08. The average Bonchev–Trinajstić information content (AvgIpc) is 2.75. The lowest BCUT2D eigenvalue weighted by Gasteiger charge is -2.06. The number of hydrogen-bond donors (Lipinski definition) is 4. The molecule has 0 atom stereocenters. The molecule has 0 aliphatic rings. The van der Waals surface area contributed by atoms with Crippen LogP contribution >= 0.6 is 11.3 Å². The Morgan fingerprint density at radius 3 is 2.94 bits per heavy atom. The second-order valence-electron chi connectivity index (χ2n) is 3.63. The van der Waals surface area contributed by atoms with Crippen LogP contribution in [0.1, 0.15) is 16.1 Å². The lowest BCUT2D eigenvalue weighted by molar-refractivity contribution is 0.0951. The number of H-pyrrole nitrogens is 1. The number of aromatic hydroxyl groups is 1. The maximum absolute atomic E-state index is 11.8. The Morgan fingerprint density at radius 1 is 1.50 bits per heavy atom. The fourth-order valence-corrected chi connectivity index (χ4v) is 1.99. The van der Waals surface area contributed by atoms with Crippen LogP contribution in [0.4, 0.5) is 5.69 Å². The van der Waals surface area contributed by atoms with E-state index >= 15 is 0 Å². The van der Waals surface area contributed by atoms with Gasteiger partial charge in [0, 0.05) is 16.8 Å². The largest absolute Gasteiger partial charge is 0.508 e. The van der Waals surface area contributed by atoms with Crippen molar-refractivity contribution in [2.24, 2.45) is 0 Å². The van der Waals surface area contributed by atoms with Gasteiger partial charge in [-0.05, 0) is 18.2 Å². The van der Waals surface area contributed by atoms with E-state index in [4.69, 9.17) is 5.73 Å². The van der Waals surface area contributed by atoms with Crippen LogP contribution in [0.15, 0.2) is 28.4 Å². The van der Waals surface area contributed by atoms with Crippen molar-refractivity contribution in [3.63, 3.8) is 0 Å². The van der Waals surface area contributed by atoms with Crippen LogP contribution in [0.25, 0.3) is 0 Å². The van der Waals surface area contributed by atoms with Crippen LogP contribution in [0.2, 0.25) is 0 Å². The maximum atomic E-state index is 11.8. The van der Waals surface area contributed by atoms with Gasteiger partial charge in [-0.2, -0.15) is 0 Å². The molecule has 7 heteroatoms. The predicted molar refractivity (Wildman–Crippen MR) is 68.6 cm³/mol. The van der Waals surface area contributed by atoms with Gasteiger partial charge >= 0.3 is 4.87 Å². The molecule has 0 saturated heterocycles. The number of aromatic amines is 1. The quantitative estimate of drug-likeness (QED) is 0.482. The molecule has 0 saturated carbocycles. The summed E-state index contributed by atoms with van der Waals surface area (Å²) in [5.41, 5.74) is 6.74. The standard InChI is InChI=1S/C11H11N3O3S/c12-9-2-1-7(15)3-8(9)10(16)13-4-6-5-18-11(17)14-6/h1-3,5,15H,4,12H2,(H,13,16)(H,14,17). The van der Waals surface area contributed by atoms with Crippen molar-refractivity contribution in [2.75, 3.05) is 5.73 Å². The molecule has 0 fully saturated rings. The molecule has 1 amide bonds. The second-order valence-corrected chi connectivity index (χ2v) is 4.47.